The lowest BCUT2D eigenvalue weighted by atomic mass is 9.97. The zero-order chi connectivity index (χ0) is 17.0. The van der Waals surface area contributed by atoms with Gasteiger partial charge in [0.15, 0.2) is 0 Å². The minimum absolute atomic E-state index is 0.360. The van der Waals surface area contributed by atoms with E-state index in [1.807, 2.05) is 0 Å². The second-order valence-electron chi connectivity index (χ2n) is 4.73. The normalized spacial score (nSPS) is 10.4. The SMILES string of the molecule is CNCc1sc(C(=O)OC)cc1-c1c(N)cccc1C(=O)OC. The Morgan fingerprint density at radius 1 is 1.22 bits per heavy atom. The van der Waals surface area contributed by atoms with Crippen molar-refractivity contribution in [2.45, 2.75) is 6.54 Å². The van der Waals surface area contributed by atoms with E-state index in [0.29, 0.717) is 28.2 Å². The van der Waals surface area contributed by atoms with Gasteiger partial charge in [-0.25, -0.2) is 9.59 Å². The number of rotatable bonds is 5. The Morgan fingerprint density at radius 2 is 1.91 bits per heavy atom. The minimum atomic E-state index is -0.478. The fraction of sp³-hybridized carbons (Fsp3) is 0.250. The van der Waals surface area contributed by atoms with Gasteiger partial charge in [0, 0.05) is 28.2 Å². The first-order chi connectivity index (χ1) is 11.0. The number of methoxy groups -OCH3 is 2. The van der Waals surface area contributed by atoms with Crippen molar-refractivity contribution in [2.24, 2.45) is 0 Å². The van der Waals surface area contributed by atoms with E-state index in [2.05, 4.69) is 5.32 Å². The lowest BCUT2D eigenvalue weighted by molar-refractivity contribution is 0.0595. The predicted molar refractivity (Wildman–Crippen MR) is 89.6 cm³/mol. The van der Waals surface area contributed by atoms with Gasteiger partial charge < -0.3 is 20.5 Å². The zero-order valence-electron chi connectivity index (χ0n) is 13.1. The van der Waals surface area contributed by atoms with E-state index in [1.54, 1.807) is 31.3 Å². The van der Waals surface area contributed by atoms with Crippen LogP contribution >= 0.6 is 11.3 Å². The molecule has 122 valence electrons. The van der Waals surface area contributed by atoms with Crippen LogP contribution in [0.5, 0.6) is 0 Å². The maximum absolute atomic E-state index is 12.0. The number of thiophene rings is 1. The number of anilines is 1. The number of hydrogen-bond donors (Lipinski definition) is 2. The highest BCUT2D eigenvalue weighted by Crippen LogP contribution is 2.37. The molecular weight excluding hydrogens is 316 g/mol. The summed E-state index contributed by atoms with van der Waals surface area (Å²) in [7, 11) is 4.45. The van der Waals surface area contributed by atoms with Crippen LogP contribution in [0.15, 0.2) is 24.3 Å². The molecule has 1 heterocycles. The standard InChI is InChI=1S/C16H18N2O4S/c1-18-8-13-10(7-12(23-13)16(20)22-3)14-9(15(19)21-2)5-4-6-11(14)17/h4-7,18H,8,17H2,1-3H3. The first-order valence-corrected chi connectivity index (χ1v) is 7.67. The second kappa shape index (κ2) is 7.26. The van der Waals surface area contributed by atoms with Crippen LogP contribution in [0.4, 0.5) is 5.69 Å². The Bertz CT molecular complexity index is 740. The number of carbonyl (C=O) groups excluding carboxylic acids is 2. The van der Waals surface area contributed by atoms with Gasteiger partial charge >= 0.3 is 11.9 Å². The van der Waals surface area contributed by atoms with Crippen molar-refractivity contribution in [3.8, 4) is 11.1 Å². The first-order valence-electron chi connectivity index (χ1n) is 6.86. The number of nitrogens with one attached hydrogen (secondary N) is 1. The number of nitrogen functional groups attached to an aromatic ring is 1. The summed E-state index contributed by atoms with van der Waals surface area (Å²) >= 11 is 1.30. The van der Waals surface area contributed by atoms with Crippen molar-refractivity contribution in [1.29, 1.82) is 0 Å². The molecule has 3 N–H and O–H groups in total. The molecule has 23 heavy (non-hydrogen) atoms. The van der Waals surface area contributed by atoms with E-state index >= 15 is 0 Å². The third kappa shape index (κ3) is 3.35. The van der Waals surface area contributed by atoms with Crippen molar-refractivity contribution in [3.05, 3.63) is 39.6 Å². The maximum Gasteiger partial charge on any atom is 0.348 e. The molecule has 0 radical (unpaired) electrons. The molecule has 6 nitrogen and oxygen atoms in total. The molecule has 2 rings (SSSR count). The highest BCUT2D eigenvalue weighted by molar-refractivity contribution is 7.14. The van der Waals surface area contributed by atoms with E-state index < -0.39 is 11.9 Å². The van der Waals surface area contributed by atoms with Crippen LogP contribution in [0.2, 0.25) is 0 Å². The average Bonchev–Trinajstić information content (AvgIpc) is 2.97. The molecule has 0 saturated heterocycles. The summed E-state index contributed by atoms with van der Waals surface area (Å²) in [6.45, 7) is 0.534. The predicted octanol–water partition coefficient (Wildman–Crippen LogP) is 2.29. The van der Waals surface area contributed by atoms with Crippen LogP contribution in [-0.4, -0.2) is 33.2 Å². The number of carbonyl (C=O) groups is 2. The Morgan fingerprint density at radius 3 is 2.52 bits per heavy atom. The number of benzene rings is 1. The molecule has 0 fully saturated rings. The van der Waals surface area contributed by atoms with Gasteiger partial charge in [-0.3, -0.25) is 0 Å². The van der Waals surface area contributed by atoms with Gasteiger partial charge in [0.05, 0.1) is 19.8 Å². The molecule has 0 aliphatic heterocycles. The fourth-order valence-electron chi connectivity index (χ4n) is 2.28. The summed E-state index contributed by atoms with van der Waals surface area (Å²) in [6, 6.07) is 6.74. The smallest absolute Gasteiger partial charge is 0.348 e. The Hall–Kier alpha value is -2.38. The zero-order valence-corrected chi connectivity index (χ0v) is 14.0. The Labute approximate surface area is 138 Å². The summed E-state index contributed by atoms with van der Waals surface area (Å²) in [5.74, 6) is -0.902. The summed E-state index contributed by atoms with van der Waals surface area (Å²) in [5, 5.41) is 3.05. The maximum atomic E-state index is 12.0. The summed E-state index contributed by atoms with van der Waals surface area (Å²) in [4.78, 5) is 25.2. The third-order valence-corrected chi connectivity index (χ3v) is 4.42. The highest BCUT2D eigenvalue weighted by atomic mass is 32.1. The minimum Gasteiger partial charge on any atom is -0.465 e. The molecule has 0 aliphatic carbocycles. The molecule has 7 heteroatoms. The van der Waals surface area contributed by atoms with Crippen LogP contribution < -0.4 is 11.1 Å². The van der Waals surface area contributed by atoms with Gasteiger partial charge in [-0.2, -0.15) is 0 Å². The average molecular weight is 334 g/mol. The van der Waals surface area contributed by atoms with Gasteiger partial charge in [-0.05, 0) is 25.2 Å². The van der Waals surface area contributed by atoms with Gasteiger partial charge in [0.25, 0.3) is 0 Å². The topological polar surface area (TPSA) is 90.6 Å². The molecule has 1 aromatic heterocycles. The van der Waals surface area contributed by atoms with E-state index in [4.69, 9.17) is 15.2 Å². The van der Waals surface area contributed by atoms with Crippen molar-refractivity contribution >= 4 is 29.0 Å². The lowest BCUT2D eigenvalue weighted by Gasteiger charge is -2.11. The van der Waals surface area contributed by atoms with Gasteiger partial charge in [-0.15, -0.1) is 11.3 Å². The van der Waals surface area contributed by atoms with E-state index in [9.17, 15) is 9.59 Å². The van der Waals surface area contributed by atoms with Crippen LogP contribution in [0.1, 0.15) is 24.9 Å². The number of hydrogen-bond acceptors (Lipinski definition) is 7. The van der Waals surface area contributed by atoms with Gasteiger partial charge in [0.2, 0.25) is 0 Å². The molecule has 0 saturated carbocycles. The largest absolute Gasteiger partial charge is 0.465 e. The van der Waals surface area contributed by atoms with Crippen molar-refractivity contribution < 1.29 is 19.1 Å². The van der Waals surface area contributed by atoms with Crippen LogP contribution in [0, 0.1) is 0 Å². The molecule has 2 aromatic rings. The molecule has 0 spiro atoms. The monoisotopic (exact) mass is 334 g/mol. The van der Waals surface area contributed by atoms with Gasteiger partial charge in [-0.1, -0.05) is 6.07 Å². The summed E-state index contributed by atoms with van der Waals surface area (Å²) in [5.41, 5.74) is 8.18. The number of esters is 2. The molecule has 0 atom stereocenters. The molecular formula is C16H18N2O4S. The molecule has 1 aromatic carbocycles. The Kier molecular flexibility index (Phi) is 5.36. The molecule has 0 bridgehead atoms. The second-order valence-corrected chi connectivity index (χ2v) is 5.87. The highest BCUT2D eigenvalue weighted by Gasteiger charge is 2.22. The summed E-state index contributed by atoms with van der Waals surface area (Å²) < 4.78 is 9.61. The van der Waals surface area contributed by atoms with Crippen molar-refractivity contribution in [3.63, 3.8) is 0 Å². The van der Waals surface area contributed by atoms with Crippen LogP contribution in [0.25, 0.3) is 11.1 Å². The number of nitrogens with two attached hydrogens (primary N) is 1. The van der Waals surface area contributed by atoms with E-state index in [0.717, 1.165) is 10.4 Å². The molecule has 0 amide bonds. The van der Waals surface area contributed by atoms with Crippen molar-refractivity contribution in [1.82, 2.24) is 5.32 Å². The molecule has 0 aliphatic rings. The summed E-state index contributed by atoms with van der Waals surface area (Å²) in [6.07, 6.45) is 0. The quantitative estimate of drug-likeness (QED) is 0.644. The van der Waals surface area contributed by atoms with Crippen LogP contribution in [-0.2, 0) is 16.0 Å². The van der Waals surface area contributed by atoms with Crippen molar-refractivity contribution in [2.75, 3.05) is 27.0 Å². The number of ether oxygens (including phenoxy) is 2. The first kappa shape index (κ1) is 17.0. The Balaban J connectivity index is 2.68. The van der Waals surface area contributed by atoms with Crippen LogP contribution in [0.3, 0.4) is 0 Å². The van der Waals surface area contributed by atoms with Gasteiger partial charge in [0.1, 0.15) is 4.88 Å². The van der Waals surface area contributed by atoms with E-state index in [-0.39, 0.29) is 0 Å². The van der Waals surface area contributed by atoms with E-state index in [1.165, 1.54) is 25.6 Å². The third-order valence-electron chi connectivity index (χ3n) is 3.30. The lowest BCUT2D eigenvalue weighted by Crippen LogP contribution is -2.08. The fourth-order valence-corrected chi connectivity index (χ4v) is 3.38. The molecule has 0 unspecified atom stereocenters.